The zero-order valence-electron chi connectivity index (χ0n) is 12.9. The minimum Gasteiger partial charge on any atom is -0.398 e. The maximum atomic E-state index is 13.4. The topological polar surface area (TPSA) is 72.3 Å². The highest BCUT2D eigenvalue weighted by Crippen LogP contribution is 2.54. The Kier molecular flexibility index (Phi) is 3.77. The Hall–Kier alpha value is -2.68. The molecule has 0 radical (unpaired) electrons. The Morgan fingerprint density at radius 1 is 0.692 bits per heavy atom. The van der Waals surface area contributed by atoms with Crippen LogP contribution in [0, 0.1) is 0 Å². The molecule has 0 heterocycles. The summed E-state index contributed by atoms with van der Waals surface area (Å²) in [5, 5.41) is 9.78. The number of benzene rings is 3. The highest BCUT2D eigenvalue weighted by Gasteiger charge is 2.72. The number of fused-ring (bicyclic) bond motifs is 3. The van der Waals surface area contributed by atoms with Crippen LogP contribution in [0.1, 0.15) is 5.56 Å². The molecule has 0 aliphatic rings. The Balaban J connectivity index is 2.61. The quantitative estimate of drug-likeness (QED) is 0.334. The van der Waals surface area contributed by atoms with Gasteiger partial charge < -0.3 is 16.6 Å². The number of alkyl halides is 6. The summed E-state index contributed by atoms with van der Waals surface area (Å²) in [5.74, 6) is 0. The molecule has 26 heavy (non-hydrogen) atoms. The first-order valence-corrected chi connectivity index (χ1v) is 7.25. The third-order valence-electron chi connectivity index (χ3n) is 4.29. The molecule has 0 fully saturated rings. The van der Waals surface area contributed by atoms with E-state index < -0.39 is 34.6 Å². The molecule has 0 amide bonds. The molecule has 3 aromatic rings. The van der Waals surface area contributed by atoms with Crippen LogP contribution in [0.4, 0.5) is 37.7 Å². The SMILES string of the molecule is Nc1ccc2ccc3c(N)cccc3c2c1C(O)(C(F)(F)F)C(F)(F)F. The fraction of sp³-hybridized carbons (Fsp3) is 0.176. The molecule has 0 aliphatic carbocycles. The molecule has 3 nitrogen and oxygen atoms in total. The van der Waals surface area contributed by atoms with Crippen LogP contribution in [0.2, 0.25) is 0 Å². The maximum absolute atomic E-state index is 13.4. The molecule has 9 heteroatoms. The van der Waals surface area contributed by atoms with Crippen molar-refractivity contribution in [3.63, 3.8) is 0 Å². The number of nitrogen functional groups attached to an aromatic ring is 2. The Bertz CT molecular complexity index is 996. The van der Waals surface area contributed by atoms with Crippen LogP contribution in [-0.2, 0) is 5.60 Å². The van der Waals surface area contributed by atoms with Gasteiger partial charge in [-0.1, -0.05) is 30.3 Å². The van der Waals surface area contributed by atoms with Gasteiger partial charge in [-0.05, 0) is 28.3 Å². The van der Waals surface area contributed by atoms with Gasteiger partial charge in [-0.3, -0.25) is 0 Å². The minimum atomic E-state index is -6.05. The highest BCUT2D eigenvalue weighted by atomic mass is 19.4. The number of halogens is 6. The minimum absolute atomic E-state index is 0.0247. The lowest BCUT2D eigenvalue weighted by molar-refractivity contribution is -0.375. The molecule has 0 aromatic heterocycles. The lowest BCUT2D eigenvalue weighted by atomic mass is 9.84. The van der Waals surface area contributed by atoms with Gasteiger partial charge in [0.15, 0.2) is 0 Å². The standard InChI is InChI=1S/C17H12F6N2O/c18-16(19,20)15(26,17(21,22)23)14-12(25)7-5-8-4-6-9-10(13(8)14)2-1-3-11(9)24/h1-7,26H,24-25H2. The van der Waals surface area contributed by atoms with Crippen molar-refractivity contribution in [1.29, 1.82) is 0 Å². The number of nitrogens with two attached hydrogens (primary N) is 2. The number of hydrogen-bond donors (Lipinski definition) is 3. The van der Waals surface area contributed by atoms with Crippen LogP contribution in [0.25, 0.3) is 21.5 Å². The predicted molar refractivity (Wildman–Crippen MR) is 86.3 cm³/mol. The normalized spacial score (nSPS) is 13.5. The molecule has 0 bridgehead atoms. The van der Waals surface area contributed by atoms with Gasteiger partial charge in [0.25, 0.3) is 5.60 Å². The van der Waals surface area contributed by atoms with E-state index in [0.29, 0.717) is 0 Å². The summed E-state index contributed by atoms with van der Waals surface area (Å²) in [6, 6.07) is 9.16. The number of rotatable bonds is 1. The van der Waals surface area contributed by atoms with E-state index in [2.05, 4.69) is 0 Å². The van der Waals surface area contributed by atoms with E-state index in [-0.39, 0.29) is 21.8 Å². The third-order valence-corrected chi connectivity index (χ3v) is 4.29. The maximum Gasteiger partial charge on any atom is 0.430 e. The van der Waals surface area contributed by atoms with Crippen LogP contribution in [0.3, 0.4) is 0 Å². The number of hydrogen-bond acceptors (Lipinski definition) is 3. The van der Waals surface area contributed by atoms with Gasteiger partial charge >= 0.3 is 12.4 Å². The first-order valence-electron chi connectivity index (χ1n) is 7.25. The van der Waals surface area contributed by atoms with Crippen LogP contribution in [0.15, 0.2) is 42.5 Å². The predicted octanol–water partition coefficient (Wildman–Crippen LogP) is 4.47. The Morgan fingerprint density at radius 3 is 1.85 bits per heavy atom. The lowest BCUT2D eigenvalue weighted by Crippen LogP contribution is -2.54. The van der Waals surface area contributed by atoms with E-state index in [0.717, 1.165) is 6.07 Å². The summed E-state index contributed by atoms with van der Waals surface area (Å²) in [7, 11) is 0. The van der Waals surface area contributed by atoms with Crippen molar-refractivity contribution in [3.8, 4) is 0 Å². The van der Waals surface area contributed by atoms with Gasteiger partial charge in [0, 0.05) is 22.3 Å². The van der Waals surface area contributed by atoms with E-state index >= 15 is 0 Å². The molecule has 0 aliphatic heterocycles. The summed E-state index contributed by atoms with van der Waals surface area (Å²) in [4.78, 5) is 0. The zero-order chi connectivity index (χ0) is 19.5. The summed E-state index contributed by atoms with van der Waals surface area (Å²) in [6.45, 7) is 0. The first-order chi connectivity index (χ1) is 11.9. The third kappa shape index (κ3) is 2.34. The molecule has 0 saturated heterocycles. The molecule has 0 spiro atoms. The second-order valence-electron chi connectivity index (χ2n) is 5.84. The second-order valence-corrected chi connectivity index (χ2v) is 5.84. The molecule has 0 saturated carbocycles. The zero-order valence-corrected chi connectivity index (χ0v) is 12.9. The van der Waals surface area contributed by atoms with E-state index in [4.69, 9.17) is 11.5 Å². The van der Waals surface area contributed by atoms with E-state index in [1.807, 2.05) is 0 Å². The molecule has 0 unspecified atom stereocenters. The first kappa shape index (κ1) is 18.1. The fourth-order valence-corrected chi connectivity index (χ4v) is 3.06. The summed E-state index contributed by atoms with van der Waals surface area (Å²) >= 11 is 0. The van der Waals surface area contributed by atoms with Crippen molar-refractivity contribution in [2.45, 2.75) is 18.0 Å². The van der Waals surface area contributed by atoms with Crippen molar-refractivity contribution < 1.29 is 31.4 Å². The van der Waals surface area contributed by atoms with Crippen LogP contribution >= 0.6 is 0 Å². The molecular formula is C17H12F6N2O. The average molecular weight is 374 g/mol. The molecule has 138 valence electrons. The molecule has 0 atom stereocenters. The van der Waals surface area contributed by atoms with Crippen LogP contribution in [-0.4, -0.2) is 17.5 Å². The van der Waals surface area contributed by atoms with Crippen molar-refractivity contribution in [2.24, 2.45) is 0 Å². The van der Waals surface area contributed by atoms with Crippen molar-refractivity contribution in [3.05, 3.63) is 48.0 Å². The Labute approximate surface area is 142 Å². The second kappa shape index (κ2) is 5.41. The van der Waals surface area contributed by atoms with Crippen LogP contribution < -0.4 is 11.5 Å². The number of anilines is 2. The average Bonchev–Trinajstić information content (AvgIpc) is 2.52. The highest BCUT2D eigenvalue weighted by molar-refractivity contribution is 6.13. The largest absolute Gasteiger partial charge is 0.430 e. The van der Waals surface area contributed by atoms with Gasteiger partial charge in [0.05, 0.1) is 0 Å². The van der Waals surface area contributed by atoms with E-state index in [1.54, 1.807) is 0 Å². The summed E-state index contributed by atoms with van der Waals surface area (Å²) in [5.41, 5.74) is 4.03. The summed E-state index contributed by atoms with van der Waals surface area (Å²) in [6.07, 6.45) is -12.1. The molecular weight excluding hydrogens is 362 g/mol. The van der Waals surface area contributed by atoms with Crippen molar-refractivity contribution >= 4 is 32.9 Å². The lowest BCUT2D eigenvalue weighted by Gasteiger charge is -2.34. The van der Waals surface area contributed by atoms with Crippen molar-refractivity contribution in [1.82, 2.24) is 0 Å². The number of aliphatic hydroxyl groups is 1. The van der Waals surface area contributed by atoms with E-state index in [9.17, 15) is 31.4 Å². The summed E-state index contributed by atoms with van der Waals surface area (Å²) < 4.78 is 80.5. The van der Waals surface area contributed by atoms with Gasteiger partial charge in [-0.25, -0.2) is 0 Å². The monoisotopic (exact) mass is 374 g/mol. The van der Waals surface area contributed by atoms with Gasteiger partial charge in [0.2, 0.25) is 0 Å². The Morgan fingerprint density at radius 2 is 1.27 bits per heavy atom. The van der Waals surface area contributed by atoms with Gasteiger partial charge in [-0.2, -0.15) is 26.3 Å². The smallest absolute Gasteiger partial charge is 0.398 e. The fourth-order valence-electron chi connectivity index (χ4n) is 3.06. The van der Waals surface area contributed by atoms with Crippen molar-refractivity contribution in [2.75, 3.05) is 11.5 Å². The molecule has 3 aromatic carbocycles. The molecule has 3 rings (SSSR count). The van der Waals surface area contributed by atoms with Gasteiger partial charge in [-0.15, -0.1) is 0 Å². The van der Waals surface area contributed by atoms with Crippen LogP contribution in [0.5, 0.6) is 0 Å². The molecule has 5 N–H and O–H groups in total. The van der Waals surface area contributed by atoms with Gasteiger partial charge in [0.1, 0.15) is 0 Å². The van der Waals surface area contributed by atoms with E-state index in [1.165, 1.54) is 36.4 Å².